The van der Waals surface area contributed by atoms with Gasteiger partial charge < -0.3 is 10.4 Å². The van der Waals surface area contributed by atoms with Crippen LogP contribution in [-0.4, -0.2) is 24.4 Å². The van der Waals surface area contributed by atoms with E-state index in [0.29, 0.717) is 0 Å². The predicted octanol–water partition coefficient (Wildman–Crippen LogP) is 2.26. The third-order valence-electron chi connectivity index (χ3n) is 2.17. The highest BCUT2D eigenvalue weighted by Crippen LogP contribution is 2.19. The molecule has 0 aliphatic carbocycles. The van der Waals surface area contributed by atoms with Crippen LogP contribution in [0.2, 0.25) is 0 Å². The summed E-state index contributed by atoms with van der Waals surface area (Å²) in [7, 11) is 0. The normalized spacial score (nSPS) is 13.8. The van der Waals surface area contributed by atoms with Gasteiger partial charge in [-0.2, -0.15) is 13.2 Å². The fourth-order valence-corrected chi connectivity index (χ4v) is 1.44. The van der Waals surface area contributed by atoms with Crippen molar-refractivity contribution in [2.24, 2.45) is 0 Å². The number of aliphatic hydroxyl groups is 1. The lowest BCUT2D eigenvalue weighted by Gasteiger charge is -2.19. The molecular weight excluding hydrogens is 219 g/mol. The number of benzene rings is 1. The van der Waals surface area contributed by atoms with E-state index in [-0.39, 0.29) is 13.0 Å². The van der Waals surface area contributed by atoms with E-state index in [2.05, 4.69) is 5.32 Å². The van der Waals surface area contributed by atoms with Gasteiger partial charge in [0.15, 0.2) is 0 Å². The first-order valence-electron chi connectivity index (χ1n) is 4.99. The molecule has 90 valence electrons. The zero-order valence-electron chi connectivity index (χ0n) is 8.67. The van der Waals surface area contributed by atoms with Gasteiger partial charge >= 0.3 is 6.18 Å². The van der Waals surface area contributed by atoms with Crippen molar-refractivity contribution in [2.75, 3.05) is 13.2 Å². The summed E-state index contributed by atoms with van der Waals surface area (Å²) >= 11 is 0. The number of hydrogen-bond acceptors (Lipinski definition) is 2. The molecule has 16 heavy (non-hydrogen) atoms. The lowest BCUT2D eigenvalue weighted by molar-refractivity contribution is -0.126. The minimum Gasteiger partial charge on any atom is -0.396 e. The van der Waals surface area contributed by atoms with Crippen LogP contribution in [0.3, 0.4) is 0 Å². The first kappa shape index (κ1) is 13.0. The van der Waals surface area contributed by atoms with Crippen molar-refractivity contribution in [3.63, 3.8) is 0 Å². The van der Waals surface area contributed by atoms with Gasteiger partial charge in [0.1, 0.15) is 0 Å². The fraction of sp³-hybridized carbons (Fsp3) is 0.455. The first-order valence-corrected chi connectivity index (χ1v) is 4.99. The molecule has 0 spiro atoms. The van der Waals surface area contributed by atoms with Crippen LogP contribution >= 0.6 is 0 Å². The van der Waals surface area contributed by atoms with Crippen LogP contribution < -0.4 is 5.32 Å². The van der Waals surface area contributed by atoms with Gasteiger partial charge in [0.2, 0.25) is 0 Å². The molecule has 1 atom stereocenters. The Morgan fingerprint density at radius 1 is 1.19 bits per heavy atom. The molecule has 0 bridgehead atoms. The van der Waals surface area contributed by atoms with Crippen molar-refractivity contribution in [1.82, 2.24) is 5.32 Å². The van der Waals surface area contributed by atoms with E-state index in [1.807, 2.05) is 0 Å². The summed E-state index contributed by atoms with van der Waals surface area (Å²) < 4.78 is 36.1. The highest BCUT2D eigenvalue weighted by atomic mass is 19.4. The van der Waals surface area contributed by atoms with E-state index in [0.717, 1.165) is 5.56 Å². The summed E-state index contributed by atoms with van der Waals surface area (Å²) in [5.41, 5.74) is 0.751. The molecule has 0 saturated heterocycles. The van der Waals surface area contributed by atoms with E-state index in [1.165, 1.54) is 0 Å². The monoisotopic (exact) mass is 233 g/mol. The van der Waals surface area contributed by atoms with Gasteiger partial charge in [0, 0.05) is 12.6 Å². The number of aliphatic hydroxyl groups excluding tert-OH is 1. The molecule has 1 rings (SSSR count). The van der Waals surface area contributed by atoms with Crippen molar-refractivity contribution in [2.45, 2.75) is 18.6 Å². The van der Waals surface area contributed by atoms with Gasteiger partial charge in [-0.25, -0.2) is 0 Å². The average Bonchev–Trinajstić information content (AvgIpc) is 2.24. The third-order valence-corrected chi connectivity index (χ3v) is 2.17. The van der Waals surface area contributed by atoms with Crippen LogP contribution in [0.15, 0.2) is 30.3 Å². The van der Waals surface area contributed by atoms with Crippen LogP contribution in [0.5, 0.6) is 0 Å². The Kier molecular flexibility index (Phi) is 4.76. The second kappa shape index (κ2) is 5.86. The van der Waals surface area contributed by atoms with Gasteiger partial charge in [0.25, 0.3) is 0 Å². The lowest BCUT2D eigenvalue weighted by Crippen LogP contribution is -2.32. The fourth-order valence-electron chi connectivity index (χ4n) is 1.44. The Morgan fingerprint density at radius 3 is 2.31 bits per heavy atom. The maximum Gasteiger partial charge on any atom is 0.401 e. The Bertz CT molecular complexity index is 300. The van der Waals surface area contributed by atoms with Gasteiger partial charge in [-0.15, -0.1) is 0 Å². The Morgan fingerprint density at radius 2 is 1.81 bits per heavy atom. The zero-order chi connectivity index (χ0) is 12.0. The Labute approximate surface area is 92.1 Å². The second-order valence-corrected chi connectivity index (χ2v) is 3.47. The van der Waals surface area contributed by atoms with E-state index in [1.54, 1.807) is 30.3 Å². The number of nitrogens with one attached hydrogen (secondary N) is 1. The molecule has 2 nitrogen and oxygen atoms in total. The molecule has 1 aromatic carbocycles. The molecular formula is C11H14F3NO. The molecule has 2 N–H and O–H groups in total. The molecule has 0 heterocycles. The number of halogens is 3. The molecule has 0 aliphatic rings. The zero-order valence-corrected chi connectivity index (χ0v) is 8.67. The summed E-state index contributed by atoms with van der Waals surface area (Å²) in [6.45, 7) is -1.20. The maximum atomic E-state index is 12.0. The minimum atomic E-state index is -4.23. The third kappa shape index (κ3) is 4.63. The molecule has 1 unspecified atom stereocenters. The minimum absolute atomic E-state index is 0.148. The summed E-state index contributed by atoms with van der Waals surface area (Å²) in [4.78, 5) is 0. The quantitative estimate of drug-likeness (QED) is 0.817. The van der Waals surface area contributed by atoms with Crippen LogP contribution in [0.1, 0.15) is 18.0 Å². The van der Waals surface area contributed by atoms with Crippen molar-refractivity contribution >= 4 is 0 Å². The smallest absolute Gasteiger partial charge is 0.396 e. The van der Waals surface area contributed by atoms with Crippen molar-refractivity contribution in [1.29, 1.82) is 0 Å². The Balaban J connectivity index is 2.61. The molecule has 0 saturated carbocycles. The van der Waals surface area contributed by atoms with E-state index < -0.39 is 18.8 Å². The molecule has 0 radical (unpaired) electrons. The summed E-state index contributed by atoms with van der Waals surface area (Å²) in [5, 5.41) is 11.2. The number of rotatable bonds is 5. The van der Waals surface area contributed by atoms with Crippen molar-refractivity contribution in [3.8, 4) is 0 Å². The van der Waals surface area contributed by atoms with Gasteiger partial charge in [0.05, 0.1) is 6.54 Å². The van der Waals surface area contributed by atoms with E-state index in [4.69, 9.17) is 5.11 Å². The molecule has 5 heteroatoms. The van der Waals surface area contributed by atoms with Gasteiger partial charge in [-0.05, 0) is 12.0 Å². The van der Waals surface area contributed by atoms with Crippen LogP contribution in [0.4, 0.5) is 13.2 Å². The topological polar surface area (TPSA) is 32.3 Å². The van der Waals surface area contributed by atoms with Crippen molar-refractivity contribution in [3.05, 3.63) is 35.9 Å². The molecule has 0 amide bonds. The van der Waals surface area contributed by atoms with Crippen LogP contribution in [0, 0.1) is 0 Å². The van der Waals surface area contributed by atoms with E-state index in [9.17, 15) is 13.2 Å². The Hall–Kier alpha value is -1.07. The average molecular weight is 233 g/mol. The van der Waals surface area contributed by atoms with Crippen LogP contribution in [0.25, 0.3) is 0 Å². The number of alkyl halides is 3. The standard InChI is InChI=1S/C11H14F3NO/c12-11(13,14)8-15-10(6-7-16)9-4-2-1-3-5-9/h1-5,10,15-16H,6-8H2. The molecule has 0 aromatic heterocycles. The number of hydrogen-bond donors (Lipinski definition) is 2. The first-order chi connectivity index (χ1) is 7.53. The molecule has 1 aromatic rings. The van der Waals surface area contributed by atoms with Crippen molar-refractivity contribution < 1.29 is 18.3 Å². The SMILES string of the molecule is OCCC(NCC(F)(F)F)c1ccccc1. The lowest BCUT2D eigenvalue weighted by atomic mass is 10.0. The van der Waals surface area contributed by atoms with Gasteiger partial charge in [-0.1, -0.05) is 30.3 Å². The summed E-state index contributed by atoms with van der Waals surface area (Å²) in [5.74, 6) is 0. The predicted molar refractivity (Wildman–Crippen MR) is 54.9 cm³/mol. The van der Waals surface area contributed by atoms with E-state index >= 15 is 0 Å². The molecule has 0 aliphatic heterocycles. The molecule has 0 fully saturated rings. The van der Waals surface area contributed by atoms with Crippen LogP contribution in [-0.2, 0) is 0 Å². The van der Waals surface area contributed by atoms with Gasteiger partial charge in [-0.3, -0.25) is 0 Å². The summed E-state index contributed by atoms with van der Waals surface area (Å²) in [6, 6.07) is 8.33. The largest absolute Gasteiger partial charge is 0.401 e. The highest BCUT2D eigenvalue weighted by Gasteiger charge is 2.28. The highest BCUT2D eigenvalue weighted by molar-refractivity contribution is 5.18. The maximum absolute atomic E-state index is 12.0. The summed E-state index contributed by atoms with van der Waals surface area (Å²) in [6.07, 6.45) is -3.97. The second-order valence-electron chi connectivity index (χ2n) is 3.47.